The highest BCUT2D eigenvalue weighted by atomic mass is 79.9. The Kier molecular flexibility index (Phi) is 6.90. The van der Waals surface area contributed by atoms with E-state index in [1.807, 2.05) is 73.7 Å². The van der Waals surface area contributed by atoms with Crippen molar-refractivity contribution in [2.75, 3.05) is 16.4 Å². The molecule has 0 aliphatic carbocycles. The number of halogens is 1. The summed E-state index contributed by atoms with van der Waals surface area (Å²) in [5.74, 6) is 0.0561. The third-order valence-electron chi connectivity index (χ3n) is 3.98. The number of amides is 2. The molecular formula is C22H19BrN2O2S. The number of carbonyl (C=O) groups is 2. The van der Waals surface area contributed by atoms with Crippen molar-refractivity contribution in [1.29, 1.82) is 0 Å². The maximum Gasteiger partial charge on any atom is 0.255 e. The summed E-state index contributed by atoms with van der Waals surface area (Å²) in [7, 11) is 0. The zero-order chi connectivity index (χ0) is 19.9. The van der Waals surface area contributed by atoms with Crippen LogP contribution < -0.4 is 10.6 Å². The molecule has 0 fully saturated rings. The molecule has 3 rings (SSSR count). The number of hydrogen-bond donors (Lipinski definition) is 2. The fourth-order valence-corrected chi connectivity index (χ4v) is 3.59. The second kappa shape index (κ2) is 9.57. The van der Waals surface area contributed by atoms with Crippen LogP contribution in [0.2, 0.25) is 0 Å². The second-order valence-electron chi connectivity index (χ2n) is 6.14. The SMILES string of the molecule is Cc1ccccc1C(=O)Nc1cccc(SCC(=O)Nc2ccc(Br)cc2)c1. The summed E-state index contributed by atoms with van der Waals surface area (Å²) < 4.78 is 0.962. The van der Waals surface area contributed by atoms with Crippen LogP contribution in [-0.2, 0) is 4.79 Å². The average Bonchev–Trinajstić information content (AvgIpc) is 2.69. The number of anilines is 2. The molecule has 0 heterocycles. The van der Waals surface area contributed by atoms with E-state index < -0.39 is 0 Å². The maximum atomic E-state index is 12.5. The highest BCUT2D eigenvalue weighted by Gasteiger charge is 2.09. The normalized spacial score (nSPS) is 10.4. The van der Waals surface area contributed by atoms with Crippen molar-refractivity contribution in [3.63, 3.8) is 0 Å². The van der Waals surface area contributed by atoms with Crippen LogP contribution in [0.5, 0.6) is 0 Å². The minimum Gasteiger partial charge on any atom is -0.325 e. The number of benzene rings is 3. The van der Waals surface area contributed by atoms with Gasteiger partial charge in [0, 0.05) is 26.3 Å². The molecule has 0 spiro atoms. The van der Waals surface area contributed by atoms with Gasteiger partial charge in [-0.3, -0.25) is 9.59 Å². The third-order valence-corrected chi connectivity index (χ3v) is 5.50. The van der Waals surface area contributed by atoms with Gasteiger partial charge in [0.2, 0.25) is 5.91 Å². The second-order valence-corrected chi connectivity index (χ2v) is 8.11. The van der Waals surface area contributed by atoms with Gasteiger partial charge in [-0.25, -0.2) is 0 Å². The first kappa shape index (κ1) is 20.2. The Balaban J connectivity index is 1.57. The van der Waals surface area contributed by atoms with Gasteiger partial charge in [0.15, 0.2) is 0 Å². The average molecular weight is 455 g/mol. The largest absolute Gasteiger partial charge is 0.325 e. The summed E-state index contributed by atoms with van der Waals surface area (Å²) in [6.07, 6.45) is 0. The molecular weight excluding hydrogens is 436 g/mol. The Labute approximate surface area is 176 Å². The number of nitrogens with one attached hydrogen (secondary N) is 2. The molecule has 0 atom stereocenters. The van der Waals surface area contributed by atoms with Gasteiger partial charge in [-0.1, -0.05) is 40.2 Å². The van der Waals surface area contributed by atoms with Crippen LogP contribution in [0.1, 0.15) is 15.9 Å². The van der Waals surface area contributed by atoms with Crippen molar-refractivity contribution in [1.82, 2.24) is 0 Å². The quantitative estimate of drug-likeness (QED) is 0.466. The topological polar surface area (TPSA) is 58.2 Å². The summed E-state index contributed by atoms with van der Waals surface area (Å²) in [5.41, 5.74) is 3.03. The summed E-state index contributed by atoms with van der Waals surface area (Å²) in [5, 5.41) is 5.78. The zero-order valence-electron chi connectivity index (χ0n) is 15.2. The molecule has 4 nitrogen and oxygen atoms in total. The summed E-state index contributed by atoms with van der Waals surface area (Å²) in [6, 6.07) is 22.4. The lowest BCUT2D eigenvalue weighted by Crippen LogP contribution is -2.14. The number of hydrogen-bond acceptors (Lipinski definition) is 3. The highest BCUT2D eigenvalue weighted by Crippen LogP contribution is 2.23. The monoisotopic (exact) mass is 454 g/mol. The van der Waals surface area contributed by atoms with Crippen molar-refractivity contribution in [2.24, 2.45) is 0 Å². The van der Waals surface area contributed by atoms with E-state index >= 15 is 0 Å². The van der Waals surface area contributed by atoms with Crippen LogP contribution in [0.4, 0.5) is 11.4 Å². The Morgan fingerprint density at radius 1 is 0.893 bits per heavy atom. The number of carbonyl (C=O) groups excluding carboxylic acids is 2. The van der Waals surface area contributed by atoms with Crippen LogP contribution in [0.15, 0.2) is 82.2 Å². The van der Waals surface area contributed by atoms with Gasteiger partial charge in [-0.2, -0.15) is 0 Å². The number of aryl methyl sites for hydroxylation is 1. The Bertz CT molecular complexity index is 990. The molecule has 0 unspecified atom stereocenters. The van der Waals surface area contributed by atoms with Gasteiger partial charge in [0.25, 0.3) is 5.91 Å². The Morgan fingerprint density at radius 2 is 1.64 bits per heavy atom. The molecule has 2 N–H and O–H groups in total. The van der Waals surface area contributed by atoms with Gasteiger partial charge in [-0.05, 0) is 61.0 Å². The van der Waals surface area contributed by atoms with E-state index in [0.29, 0.717) is 11.3 Å². The van der Waals surface area contributed by atoms with E-state index in [9.17, 15) is 9.59 Å². The summed E-state index contributed by atoms with van der Waals surface area (Å²) >= 11 is 4.79. The predicted octanol–water partition coefficient (Wildman–Crippen LogP) is 5.74. The molecule has 0 radical (unpaired) electrons. The molecule has 0 saturated carbocycles. The van der Waals surface area contributed by atoms with Crippen molar-refractivity contribution in [2.45, 2.75) is 11.8 Å². The predicted molar refractivity (Wildman–Crippen MR) is 119 cm³/mol. The molecule has 0 bridgehead atoms. The van der Waals surface area contributed by atoms with Gasteiger partial charge < -0.3 is 10.6 Å². The van der Waals surface area contributed by atoms with Crippen molar-refractivity contribution in [3.8, 4) is 0 Å². The first-order chi connectivity index (χ1) is 13.5. The lowest BCUT2D eigenvalue weighted by atomic mass is 10.1. The van der Waals surface area contributed by atoms with E-state index in [-0.39, 0.29) is 17.6 Å². The van der Waals surface area contributed by atoms with Gasteiger partial charge in [0.05, 0.1) is 5.75 Å². The molecule has 3 aromatic carbocycles. The number of rotatable bonds is 6. The Morgan fingerprint density at radius 3 is 2.39 bits per heavy atom. The van der Waals surface area contributed by atoms with Crippen LogP contribution in [0.3, 0.4) is 0 Å². The highest BCUT2D eigenvalue weighted by molar-refractivity contribution is 9.10. The number of thioether (sulfide) groups is 1. The molecule has 3 aromatic rings. The first-order valence-corrected chi connectivity index (χ1v) is 10.4. The van der Waals surface area contributed by atoms with Crippen LogP contribution in [0, 0.1) is 6.92 Å². The Hall–Kier alpha value is -2.57. The summed E-state index contributed by atoms with van der Waals surface area (Å²) in [6.45, 7) is 1.91. The summed E-state index contributed by atoms with van der Waals surface area (Å²) in [4.78, 5) is 25.5. The molecule has 0 aliphatic rings. The molecule has 0 aliphatic heterocycles. The van der Waals surface area contributed by atoms with E-state index in [2.05, 4.69) is 26.6 Å². The lowest BCUT2D eigenvalue weighted by Gasteiger charge is -2.09. The van der Waals surface area contributed by atoms with Gasteiger partial charge >= 0.3 is 0 Å². The van der Waals surface area contributed by atoms with E-state index in [1.165, 1.54) is 11.8 Å². The van der Waals surface area contributed by atoms with E-state index in [4.69, 9.17) is 0 Å². The van der Waals surface area contributed by atoms with Crippen LogP contribution >= 0.6 is 27.7 Å². The van der Waals surface area contributed by atoms with E-state index in [1.54, 1.807) is 6.07 Å². The minimum atomic E-state index is -0.145. The van der Waals surface area contributed by atoms with Crippen molar-refractivity contribution >= 4 is 50.9 Å². The standard InChI is InChI=1S/C22H19BrN2O2S/c1-15-5-2-3-8-20(15)22(27)25-18-6-4-7-19(13-18)28-14-21(26)24-17-11-9-16(23)10-12-17/h2-13H,14H2,1H3,(H,24,26)(H,25,27). The van der Waals surface area contributed by atoms with E-state index in [0.717, 1.165) is 20.6 Å². The molecule has 2 amide bonds. The molecule has 28 heavy (non-hydrogen) atoms. The van der Waals surface area contributed by atoms with Crippen LogP contribution in [0.25, 0.3) is 0 Å². The molecule has 142 valence electrons. The molecule has 0 saturated heterocycles. The lowest BCUT2D eigenvalue weighted by molar-refractivity contribution is -0.113. The smallest absolute Gasteiger partial charge is 0.255 e. The van der Waals surface area contributed by atoms with Crippen molar-refractivity contribution < 1.29 is 9.59 Å². The molecule has 6 heteroatoms. The first-order valence-electron chi connectivity index (χ1n) is 8.66. The fraction of sp³-hybridized carbons (Fsp3) is 0.0909. The van der Waals surface area contributed by atoms with Gasteiger partial charge in [0.1, 0.15) is 0 Å². The maximum absolute atomic E-state index is 12.5. The van der Waals surface area contributed by atoms with Crippen molar-refractivity contribution in [3.05, 3.63) is 88.4 Å². The third kappa shape index (κ3) is 5.71. The minimum absolute atomic E-state index is 0.0818. The van der Waals surface area contributed by atoms with Gasteiger partial charge in [-0.15, -0.1) is 11.8 Å². The fourth-order valence-electron chi connectivity index (χ4n) is 2.57. The van der Waals surface area contributed by atoms with Crippen LogP contribution in [-0.4, -0.2) is 17.6 Å². The molecule has 0 aromatic heterocycles. The zero-order valence-corrected chi connectivity index (χ0v) is 17.6.